The highest BCUT2D eigenvalue weighted by molar-refractivity contribution is 7.99. The molecule has 0 spiro atoms. The summed E-state index contributed by atoms with van der Waals surface area (Å²) in [5, 5.41) is 9.76. The lowest BCUT2D eigenvalue weighted by Gasteiger charge is -2.04. The number of ether oxygens (including phenoxy) is 1. The van der Waals surface area contributed by atoms with Crippen LogP contribution < -0.4 is 4.74 Å². The molecule has 1 aromatic carbocycles. The van der Waals surface area contributed by atoms with Crippen molar-refractivity contribution in [3.63, 3.8) is 0 Å². The summed E-state index contributed by atoms with van der Waals surface area (Å²) < 4.78 is 7.07. The summed E-state index contributed by atoms with van der Waals surface area (Å²) in [6, 6.07) is 7.71. The third-order valence-corrected chi connectivity index (χ3v) is 3.94. The summed E-state index contributed by atoms with van der Waals surface area (Å²) in [6.45, 7) is 3.66. The topological polar surface area (TPSA) is 39.9 Å². The van der Waals surface area contributed by atoms with Crippen LogP contribution in [0.15, 0.2) is 41.0 Å². The lowest BCUT2D eigenvalue weighted by molar-refractivity contribution is 0.415. The van der Waals surface area contributed by atoms with Crippen molar-refractivity contribution in [1.29, 1.82) is 0 Å². The Bertz CT molecular complexity index is 580. The Morgan fingerprint density at radius 3 is 2.63 bits per heavy atom. The second-order valence-electron chi connectivity index (χ2n) is 3.90. The van der Waals surface area contributed by atoms with Gasteiger partial charge in [-0.3, -0.25) is 0 Å². The predicted molar refractivity (Wildman–Crippen MR) is 78.7 cm³/mol. The first-order valence-corrected chi connectivity index (χ1v) is 6.98. The highest BCUT2D eigenvalue weighted by Gasteiger charge is 2.11. The van der Waals surface area contributed by atoms with Crippen LogP contribution in [0.5, 0.6) is 5.75 Å². The van der Waals surface area contributed by atoms with Gasteiger partial charge >= 0.3 is 0 Å². The van der Waals surface area contributed by atoms with E-state index in [1.165, 1.54) is 11.8 Å². The molecule has 0 aliphatic carbocycles. The number of hydrogen-bond acceptors (Lipinski definition) is 4. The first kappa shape index (κ1) is 14.0. The van der Waals surface area contributed by atoms with E-state index in [1.54, 1.807) is 7.11 Å². The lowest BCUT2D eigenvalue weighted by atomic mass is 10.2. The van der Waals surface area contributed by atoms with Gasteiger partial charge < -0.3 is 9.30 Å². The maximum atomic E-state index is 5.75. The molecule has 0 amide bonds. The largest absolute Gasteiger partial charge is 0.497 e. The Hall–Kier alpha value is -1.46. The zero-order valence-electron chi connectivity index (χ0n) is 10.8. The normalized spacial score (nSPS) is 10.5. The van der Waals surface area contributed by atoms with E-state index in [9.17, 15) is 0 Å². The Labute approximate surface area is 121 Å². The molecule has 0 atom stereocenters. The third-order valence-electron chi connectivity index (χ3n) is 2.54. The second-order valence-corrected chi connectivity index (χ2v) is 5.38. The quantitative estimate of drug-likeness (QED) is 0.793. The average molecular weight is 296 g/mol. The average Bonchev–Trinajstić information content (AvgIpc) is 2.78. The zero-order chi connectivity index (χ0) is 13.8. The van der Waals surface area contributed by atoms with Crippen LogP contribution in [-0.2, 0) is 7.05 Å². The van der Waals surface area contributed by atoms with Crippen molar-refractivity contribution < 1.29 is 4.74 Å². The Kier molecular flexibility index (Phi) is 4.50. The van der Waals surface area contributed by atoms with E-state index in [0.29, 0.717) is 10.8 Å². The van der Waals surface area contributed by atoms with Crippen LogP contribution >= 0.6 is 23.4 Å². The summed E-state index contributed by atoms with van der Waals surface area (Å²) in [4.78, 5) is 0. The van der Waals surface area contributed by atoms with Crippen LogP contribution in [0, 0.1) is 0 Å². The standard InChI is InChI=1S/C13H14ClN3OS/c1-9(14)8-19-13-16-15-12(17(13)2)10-4-6-11(18-3)7-5-10/h4-7H,1,8H2,2-3H3. The summed E-state index contributed by atoms with van der Waals surface area (Å²) >= 11 is 7.26. The van der Waals surface area contributed by atoms with Crippen molar-refractivity contribution in [1.82, 2.24) is 14.8 Å². The van der Waals surface area contributed by atoms with Crippen LogP contribution in [-0.4, -0.2) is 27.6 Å². The molecule has 0 aliphatic heterocycles. The van der Waals surface area contributed by atoms with E-state index in [-0.39, 0.29) is 0 Å². The Morgan fingerprint density at radius 2 is 2.05 bits per heavy atom. The monoisotopic (exact) mass is 295 g/mol. The first-order chi connectivity index (χ1) is 9.11. The minimum atomic E-state index is 0.596. The van der Waals surface area contributed by atoms with Crippen LogP contribution in [0.1, 0.15) is 0 Å². The molecular formula is C13H14ClN3OS. The number of thioether (sulfide) groups is 1. The minimum Gasteiger partial charge on any atom is -0.497 e. The van der Waals surface area contributed by atoms with E-state index in [1.807, 2.05) is 35.9 Å². The number of aromatic nitrogens is 3. The molecule has 100 valence electrons. The highest BCUT2D eigenvalue weighted by Crippen LogP contribution is 2.25. The van der Waals surface area contributed by atoms with Gasteiger partial charge in [0.1, 0.15) is 5.75 Å². The van der Waals surface area contributed by atoms with Crippen molar-refractivity contribution in [3.8, 4) is 17.1 Å². The van der Waals surface area contributed by atoms with Gasteiger partial charge in [-0.05, 0) is 24.3 Å². The molecule has 0 saturated heterocycles. The summed E-state index contributed by atoms with van der Waals surface area (Å²) in [5.74, 6) is 2.25. The Morgan fingerprint density at radius 1 is 1.37 bits per heavy atom. The molecule has 1 aromatic heterocycles. The number of nitrogens with zero attached hydrogens (tertiary/aromatic N) is 3. The fourth-order valence-electron chi connectivity index (χ4n) is 1.57. The SMILES string of the molecule is C=C(Cl)CSc1nnc(-c2ccc(OC)cc2)n1C. The van der Waals surface area contributed by atoms with Crippen LogP contribution in [0.3, 0.4) is 0 Å². The minimum absolute atomic E-state index is 0.596. The number of hydrogen-bond donors (Lipinski definition) is 0. The van der Waals surface area contributed by atoms with Crippen molar-refractivity contribution in [3.05, 3.63) is 35.9 Å². The van der Waals surface area contributed by atoms with Gasteiger partial charge in [0.05, 0.1) is 7.11 Å². The summed E-state index contributed by atoms with van der Waals surface area (Å²) in [5.41, 5.74) is 0.993. The number of benzene rings is 1. The highest BCUT2D eigenvalue weighted by atomic mass is 35.5. The fourth-order valence-corrected chi connectivity index (χ4v) is 2.40. The van der Waals surface area contributed by atoms with Gasteiger partial charge in [-0.2, -0.15) is 0 Å². The Balaban J connectivity index is 2.22. The molecule has 0 N–H and O–H groups in total. The smallest absolute Gasteiger partial charge is 0.191 e. The van der Waals surface area contributed by atoms with Gasteiger partial charge in [-0.25, -0.2) is 0 Å². The van der Waals surface area contributed by atoms with E-state index >= 15 is 0 Å². The predicted octanol–water partition coefficient (Wildman–Crippen LogP) is 3.34. The van der Waals surface area contributed by atoms with Crippen molar-refractivity contribution in [2.24, 2.45) is 7.05 Å². The summed E-state index contributed by atoms with van der Waals surface area (Å²) in [7, 11) is 3.57. The molecule has 0 unspecified atom stereocenters. The van der Waals surface area contributed by atoms with Gasteiger partial charge in [0.15, 0.2) is 11.0 Å². The molecule has 2 aromatic rings. The molecule has 6 heteroatoms. The van der Waals surface area contributed by atoms with E-state index in [4.69, 9.17) is 16.3 Å². The number of halogens is 1. The van der Waals surface area contributed by atoms with E-state index in [0.717, 1.165) is 22.3 Å². The van der Waals surface area contributed by atoms with Gasteiger partial charge in [0.25, 0.3) is 0 Å². The molecule has 2 rings (SSSR count). The van der Waals surface area contributed by atoms with Gasteiger partial charge in [-0.1, -0.05) is 29.9 Å². The molecule has 0 saturated carbocycles. The molecule has 0 bridgehead atoms. The van der Waals surface area contributed by atoms with Crippen LogP contribution in [0.2, 0.25) is 0 Å². The second kappa shape index (κ2) is 6.12. The maximum absolute atomic E-state index is 5.75. The fraction of sp³-hybridized carbons (Fsp3) is 0.231. The molecular weight excluding hydrogens is 282 g/mol. The van der Waals surface area contributed by atoms with Crippen molar-refractivity contribution in [2.45, 2.75) is 5.16 Å². The van der Waals surface area contributed by atoms with E-state index in [2.05, 4.69) is 16.8 Å². The van der Waals surface area contributed by atoms with Crippen molar-refractivity contribution in [2.75, 3.05) is 12.9 Å². The van der Waals surface area contributed by atoms with Crippen LogP contribution in [0.4, 0.5) is 0 Å². The maximum Gasteiger partial charge on any atom is 0.191 e. The molecule has 19 heavy (non-hydrogen) atoms. The molecule has 0 fully saturated rings. The third kappa shape index (κ3) is 3.30. The molecule has 0 aliphatic rings. The zero-order valence-corrected chi connectivity index (χ0v) is 12.3. The van der Waals surface area contributed by atoms with Gasteiger partial charge in [0, 0.05) is 23.4 Å². The van der Waals surface area contributed by atoms with Gasteiger partial charge in [-0.15, -0.1) is 10.2 Å². The number of rotatable bonds is 5. The summed E-state index contributed by atoms with van der Waals surface area (Å²) in [6.07, 6.45) is 0. The van der Waals surface area contributed by atoms with E-state index < -0.39 is 0 Å². The molecule has 0 radical (unpaired) electrons. The number of methoxy groups -OCH3 is 1. The van der Waals surface area contributed by atoms with Crippen molar-refractivity contribution >= 4 is 23.4 Å². The first-order valence-electron chi connectivity index (χ1n) is 5.61. The molecule has 1 heterocycles. The van der Waals surface area contributed by atoms with Crippen LogP contribution in [0.25, 0.3) is 11.4 Å². The lowest BCUT2D eigenvalue weighted by Crippen LogP contribution is -1.95. The molecule has 4 nitrogen and oxygen atoms in total. The van der Waals surface area contributed by atoms with Gasteiger partial charge in [0.2, 0.25) is 0 Å².